The molecule has 0 aliphatic rings. The van der Waals surface area contributed by atoms with Crippen molar-refractivity contribution in [3.8, 4) is 11.5 Å². The minimum absolute atomic E-state index is 0.0927. The Balaban J connectivity index is 2.47. The summed E-state index contributed by atoms with van der Waals surface area (Å²) in [4.78, 5) is 0.0927. The van der Waals surface area contributed by atoms with Gasteiger partial charge in [-0.25, -0.2) is 0 Å². The van der Waals surface area contributed by atoms with Crippen LogP contribution >= 0.6 is 38.5 Å². The highest BCUT2D eigenvalue weighted by molar-refractivity contribution is 14.1. The zero-order chi connectivity index (χ0) is 14.7. The van der Waals surface area contributed by atoms with E-state index >= 15 is 0 Å². The number of hydrogen-bond donors (Lipinski definition) is 0. The Hall–Kier alpha value is -0.750. The van der Waals surface area contributed by atoms with E-state index in [9.17, 15) is 0 Å². The van der Waals surface area contributed by atoms with E-state index in [1.165, 1.54) is 14.7 Å². The van der Waals surface area contributed by atoms with Crippen molar-refractivity contribution in [3.63, 3.8) is 0 Å². The van der Waals surface area contributed by atoms with Gasteiger partial charge in [-0.15, -0.1) is 0 Å². The van der Waals surface area contributed by atoms with Crippen LogP contribution in [-0.2, 0) is 0 Å². The molecule has 4 heteroatoms. The van der Waals surface area contributed by atoms with Crippen LogP contribution in [0.2, 0.25) is 0 Å². The standard InChI is InChI=1S/C16H16BrIO2/c1-10-5-4-6-13(16(10)18)15(17)12-8-7-11(19-2)9-14(12)20-3/h4-9,15H,1-3H3. The van der Waals surface area contributed by atoms with Gasteiger partial charge >= 0.3 is 0 Å². The summed E-state index contributed by atoms with van der Waals surface area (Å²) in [5.41, 5.74) is 3.62. The van der Waals surface area contributed by atoms with E-state index in [0.29, 0.717) is 0 Å². The third kappa shape index (κ3) is 3.11. The van der Waals surface area contributed by atoms with Crippen molar-refractivity contribution in [3.05, 3.63) is 56.7 Å². The van der Waals surface area contributed by atoms with Crippen molar-refractivity contribution in [1.82, 2.24) is 0 Å². The molecule has 0 saturated carbocycles. The lowest BCUT2D eigenvalue weighted by atomic mass is 10.0. The molecular formula is C16H16BrIO2. The molecule has 0 N–H and O–H groups in total. The first-order chi connectivity index (χ1) is 9.58. The molecule has 20 heavy (non-hydrogen) atoms. The SMILES string of the molecule is COc1ccc(C(Br)c2cccc(C)c2I)c(OC)c1. The number of halogens is 2. The first-order valence-corrected chi connectivity index (χ1v) is 8.19. The number of benzene rings is 2. The number of ether oxygens (including phenoxy) is 2. The van der Waals surface area contributed by atoms with Crippen molar-refractivity contribution in [1.29, 1.82) is 0 Å². The number of alkyl halides is 1. The maximum absolute atomic E-state index is 5.49. The van der Waals surface area contributed by atoms with Crippen molar-refractivity contribution in [2.24, 2.45) is 0 Å². The van der Waals surface area contributed by atoms with Crippen molar-refractivity contribution >= 4 is 38.5 Å². The predicted molar refractivity (Wildman–Crippen MR) is 94.2 cm³/mol. The van der Waals surface area contributed by atoms with Crippen LogP contribution in [0.1, 0.15) is 21.5 Å². The van der Waals surface area contributed by atoms with Gasteiger partial charge in [-0.2, -0.15) is 0 Å². The molecule has 0 saturated heterocycles. The highest BCUT2D eigenvalue weighted by atomic mass is 127. The Kier molecular flexibility index (Phi) is 5.32. The molecule has 2 aromatic rings. The molecule has 1 atom stereocenters. The van der Waals surface area contributed by atoms with Gasteiger partial charge in [-0.05, 0) is 46.7 Å². The molecular weight excluding hydrogens is 431 g/mol. The molecule has 0 radical (unpaired) electrons. The Morgan fingerprint density at radius 2 is 1.80 bits per heavy atom. The molecule has 1 unspecified atom stereocenters. The van der Waals surface area contributed by atoms with Crippen LogP contribution in [0.25, 0.3) is 0 Å². The lowest BCUT2D eigenvalue weighted by molar-refractivity contribution is 0.391. The summed E-state index contributed by atoms with van der Waals surface area (Å²) in [5.74, 6) is 1.62. The lowest BCUT2D eigenvalue weighted by Crippen LogP contribution is -2.00. The molecule has 0 aliphatic carbocycles. The van der Waals surface area contributed by atoms with Gasteiger partial charge in [-0.1, -0.05) is 40.2 Å². The maximum atomic E-state index is 5.49. The smallest absolute Gasteiger partial charge is 0.127 e. The van der Waals surface area contributed by atoms with Crippen LogP contribution in [0.5, 0.6) is 11.5 Å². The summed E-state index contributed by atoms with van der Waals surface area (Å²) in [6, 6.07) is 12.2. The number of methoxy groups -OCH3 is 2. The molecule has 0 aromatic heterocycles. The minimum atomic E-state index is 0.0927. The van der Waals surface area contributed by atoms with Gasteiger partial charge in [0.1, 0.15) is 11.5 Å². The molecule has 0 spiro atoms. The van der Waals surface area contributed by atoms with Gasteiger partial charge in [0, 0.05) is 15.2 Å². The number of aryl methyl sites for hydroxylation is 1. The first kappa shape index (κ1) is 15.6. The monoisotopic (exact) mass is 446 g/mol. The van der Waals surface area contributed by atoms with E-state index in [1.54, 1.807) is 14.2 Å². The second kappa shape index (κ2) is 6.80. The van der Waals surface area contributed by atoms with Crippen LogP contribution in [0, 0.1) is 10.5 Å². The fraction of sp³-hybridized carbons (Fsp3) is 0.250. The maximum Gasteiger partial charge on any atom is 0.127 e. The molecule has 0 amide bonds. The van der Waals surface area contributed by atoms with E-state index in [4.69, 9.17) is 9.47 Å². The van der Waals surface area contributed by atoms with E-state index < -0.39 is 0 Å². The van der Waals surface area contributed by atoms with E-state index in [2.05, 4.69) is 63.6 Å². The molecule has 2 aromatic carbocycles. The second-order valence-electron chi connectivity index (χ2n) is 4.45. The largest absolute Gasteiger partial charge is 0.497 e. The van der Waals surface area contributed by atoms with Gasteiger partial charge in [0.25, 0.3) is 0 Å². The van der Waals surface area contributed by atoms with Crippen LogP contribution in [-0.4, -0.2) is 14.2 Å². The number of rotatable bonds is 4. The zero-order valence-electron chi connectivity index (χ0n) is 11.6. The van der Waals surface area contributed by atoms with E-state index in [1.807, 2.05) is 18.2 Å². The molecule has 0 bridgehead atoms. The van der Waals surface area contributed by atoms with Crippen LogP contribution in [0.3, 0.4) is 0 Å². The van der Waals surface area contributed by atoms with Crippen molar-refractivity contribution < 1.29 is 9.47 Å². The third-order valence-corrected chi connectivity index (χ3v) is 5.67. The fourth-order valence-electron chi connectivity index (χ4n) is 2.06. The van der Waals surface area contributed by atoms with Gasteiger partial charge in [-0.3, -0.25) is 0 Å². The average molecular weight is 447 g/mol. The summed E-state index contributed by atoms with van der Waals surface area (Å²) < 4.78 is 12.0. The van der Waals surface area contributed by atoms with Gasteiger partial charge in [0.15, 0.2) is 0 Å². The average Bonchev–Trinajstić information content (AvgIpc) is 2.48. The lowest BCUT2D eigenvalue weighted by Gasteiger charge is -2.17. The molecule has 106 valence electrons. The summed E-state index contributed by atoms with van der Waals surface area (Å²) in [7, 11) is 3.34. The molecule has 0 aliphatic heterocycles. The Bertz CT molecular complexity index is 613. The summed E-state index contributed by atoms with van der Waals surface area (Å²) in [6.45, 7) is 2.12. The highest BCUT2D eigenvalue weighted by Gasteiger charge is 2.18. The van der Waals surface area contributed by atoms with Crippen molar-refractivity contribution in [2.75, 3.05) is 14.2 Å². The fourth-order valence-corrected chi connectivity index (χ4v) is 3.92. The van der Waals surface area contributed by atoms with Gasteiger partial charge in [0.05, 0.1) is 19.0 Å². The van der Waals surface area contributed by atoms with Crippen molar-refractivity contribution in [2.45, 2.75) is 11.8 Å². The van der Waals surface area contributed by atoms with E-state index in [0.717, 1.165) is 17.1 Å². The molecule has 2 nitrogen and oxygen atoms in total. The Labute approximate surface area is 141 Å². The van der Waals surface area contributed by atoms with Gasteiger partial charge in [0.2, 0.25) is 0 Å². The van der Waals surface area contributed by atoms with Crippen LogP contribution in [0.4, 0.5) is 0 Å². The quantitative estimate of drug-likeness (QED) is 0.480. The zero-order valence-corrected chi connectivity index (χ0v) is 15.4. The minimum Gasteiger partial charge on any atom is -0.497 e. The molecule has 2 rings (SSSR count). The summed E-state index contributed by atoms with van der Waals surface area (Å²) in [5, 5.41) is 0. The highest BCUT2D eigenvalue weighted by Crippen LogP contribution is 2.40. The first-order valence-electron chi connectivity index (χ1n) is 6.19. The number of hydrogen-bond acceptors (Lipinski definition) is 2. The predicted octanol–water partition coefficient (Wildman–Crippen LogP) is 5.10. The van der Waals surface area contributed by atoms with Crippen LogP contribution in [0.15, 0.2) is 36.4 Å². The summed E-state index contributed by atoms with van der Waals surface area (Å²) in [6.07, 6.45) is 0. The Morgan fingerprint density at radius 1 is 1.05 bits per heavy atom. The topological polar surface area (TPSA) is 18.5 Å². The molecule has 0 heterocycles. The Morgan fingerprint density at radius 3 is 2.45 bits per heavy atom. The normalized spacial score (nSPS) is 12.1. The second-order valence-corrected chi connectivity index (χ2v) is 6.44. The molecule has 0 fully saturated rings. The summed E-state index contributed by atoms with van der Waals surface area (Å²) >= 11 is 6.18. The van der Waals surface area contributed by atoms with Gasteiger partial charge < -0.3 is 9.47 Å². The third-order valence-electron chi connectivity index (χ3n) is 3.21. The van der Waals surface area contributed by atoms with Crippen LogP contribution < -0.4 is 9.47 Å². The van der Waals surface area contributed by atoms with E-state index in [-0.39, 0.29) is 4.83 Å².